The Kier molecular flexibility index (Phi) is 5.10. The van der Waals surface area contributed by atoms with Gasteiger partial charge in [-0.25, -0.2) is 0 Å². The topological polar surface area (TPSA) is 45.4 Å². The van der Waals surface area contributed by atoms with E-state index >= 15 is 0 Å². The second-order valence-corrected chi connectivity index (χ2v) is 5.41. The number of hydrogen-bond donors (Lipinski definition) is 1. The fourth-order valence-electron chi connectivity index (χ4n) is 2.62. The first kappa shape index (κ1) is 14.2. The smallest absolute Gasteiger partial charge is 0.0902 e. The normalized spacial score (nSPS) is 18.3. The highest BCUT2D eigenvalue weighted by Gasteiger charge is 2.24. The number of pyridine rings is 1. The predicted octanol–water partition coefficient (Wildman–Crippen LogP) is 1.66. The predicted molar refractivity (Wildman–Crippen MR) is 83.5 cm³/mol. The van der Waals surface area contributed by atoms with Gasteiger partial charge in [0.05, 0.1) is 11.0 Å². The number of piperazine rings is 1. The Morgan fingerprint density at radius 3 is 2.47 bits per heavy atom. The lowest BCUT2D eigenvalue weighted by Crippen LogP contribution is -2.53. The minimum Gasteiger partial charge on any atom is -0.392 e. The highest BCUT2D eigenvalue weighted by molar-refractivity contribution is 7.80. The number of thiocarbonyl (C=S) groups is 1. The number of hydrogen-bond acceptors (Lipinski definition) is 4. The second-order valence-electron chi connectivity index (χ2n) is 4.94. The van der Waals surface area contributed by atoms with Crippen LogP contribution < -0.4 is 10.6 Å². The van der Waals surface area contributed by atoms with Gasteiger partial charge in [-0.1, -0.05) is 25.6 Å². The van der Waals surface area contributed by atoms with Crippen LogP contribution in [0.1, 0.15) is 19.8 Å². The van der Waals surface area contributed by atoms with Crippen LogP contribution in [0.5, 0.6) is 0 Å². The molecule has 0 amide bonds. The molecule has 1 aliphatic rings. The molecule has 0 saturated carbocycles. The van der Waals surface area contributed by atoms with Crippen molar-refractivity contribution in [1.29, 1.82) is 0 Å². The van der Waals surface area contributed by atoms with Gasteiger partial charge in [0.2, 0.25) is 0 Å². The Labute approximate surface area is 120 Å². The summed E-state index contributed by atoms with van der Waals surface area (Å²) in [6.45, 7) is 6.26. The number of nitrogens with two attached hydrogens (primary N) is 1. The van der Waals surface area contributed by atoms with Crippen molar-refractivity contribution in [2.24, 2.45) is 5.73 Å². The van der Waals surface area contributed by atoms with Crippen LogP contribution >= 0.6 is 12.2 Å². The molecular weight excluding hydrogens is 256 g/mol. The lowest BCUT2D eigenvalue weighted by Gasteiger charge is -2.39. The van der Waals surface area contributed by atoms with Gasteiger partial charge >= 0.3 is 0 Å². The summed E-state index contributed by atoms with van der Waals surface area (Å²) in [5.74, 6) is 0. The van der Waals surface area contributed by atoms with Crippen molar-refractivity contribution in [2.75, 3.05) is 31.1 Å². The van der Waals surface area contributed by atoms with Crippen molar-refractivity contribution in [3.05, 3.63) is 24.5 Å². The quantitative estimate of drug-likeness (QED) is 0.830. The molecule has 0 spiro atoms. The maximum atomic E-state index is 5.87. The molecule has 2 rings (SSSR count). The summed E-state index contributed by atoms with van der Waals surface area (Å²) in [6, 6.07) is 4.39. The van der Waals surface area contributed by atoms with Gasteiger partial charge in [0.1, 0.15) is 0 Å². The van der Waals surface area contributed by atoms with E-state index in [2.05, 4.69) is 33.8 Å². The van der Waals surface area contributed by atoms with Gasteiger partial charge in [-0.2, -0.15) is 0 Å². The van der Waals surface area contributed by atoms with Crippen LogP contribution in [-0.4, -0.2) is 47.1 Å². The monoisotopic (exact) mass is 278 g/mol. The third-order valence-electron chi connectivity index (χ3n) is 3.67. The zero-order chi connectivity index (χ0) is 13.7. The zero-order valence-corrected chi connectivity index (χ0v) is 12.3. The van der Waals surface area contributed by atoms with Crippen LogP contribution in [0.25, 0.3) is 0 Å². The van der Waals surface area contributed by atoms with E-state index in [1.807, 2.05) is 12.4 Å². The summed E-state index contributed by atoms with van der Waals surface area (Å²) in [5.41, 5.74) is 7.11. The Hall–Kier alpha value is -1.20. The molecule has 1 aromatic rings. The van der Waals surface area contributed by atoms with Crippen LogP contribution in [0.3, 0.4) is 0 Å². The van der Waals surface area contributed by atoms with Crippen LogP contribution in [0.2, 0.25) is 0 Å². The van der Waals surface area contributed by atoms with Crippen molar-refractivity contribution in [1.82, 2.24) is 9.88 Å². The third-order valence-corrected chi connectivity index (χ3v) is 3.95. The molecule has 104 valence electrons. The molecule has 2 N–H and O–H groups in total. The Morgan fingerprint density at radius 1 is 1.32 bits per heavy atom. The molecule has 1 aromatic heterocycles. The molecule has 1 atom stereocenters. The average Bonchev–Trinajstić information content (AvgIpc) is 2.46. The first-order valence-electron chi connectivity index (χ1n) is 6.90. The van der Waals surface area contributed by atoms with Gasteiger partial charge in [0, 0.05) is 44.3 Å². The van der Waals surface area contributed by atoms with E-state index in [1.54, 1.807) is 0 Å². The van der Waals surface area contributed by atoms with Crippen molar-refractivity contribution < 1.29 is 0 Å². The van der Waals surface area contributed by atoms with E-state index in [-0.39, 0.29) is 6.04 Å². The molecular formula is C14H22N4S. The summed E-state index contributed by atoms with van der Waals surface area (Å²) in [5, 5.41) is 0. The van der Waals surface area contributed by atoms with Gasteiger partial charge in [-0.15, -0.1) is 0 Å². The molecule has 4 nitrogen and oxygen atoms in total. The molecule has 5 heteroatoms. The van der Waals surface area contributed by atoms with E-state index in [4.69, 9.17) is 18.0 Å². The SMILES string of the molecule is CCCC(C(N)=S)N1CCN(c2ccncc2)CC1. The van der Waals surface area contributed by atoms with Crippen LogP contribution in [-0.2, 0) is 0 Å². The molecule has 1 saturated heterocycles. The molecule has 0 bridgehead atoms. The maximum absolute atomic E-state index is 5.87. The van der Waals surface area contributed by atoms with Gasteiger partial charge in [-0.05, 0) is 18.6 Å². The average molecular weight is 278 g/mol. The summed E-state index contributed by atoms with van der Waals surface area (Å²) in [7, 11) is 0. The molecule has 19 heavy (non-hydrogen) atoms. The fourth-order valence-corrected chi connectivity index (χ4v) is 2.89. The standard InChI is InChI=1S/C14H22N4S/c1-2-3-13(14(15)19)18-10-8-17(9-11-18)12-4-6-16-7-5-12/h4-7,13H,2-3,8-11H2,1H3,(H2,15,19). The zero-order valence-electron chi connectivity index (χ0n) is 11.5. The minimum atomic E-state index is 0.264. The highest BCUT2D eigenvalue weighted by Crippen LogP contribution is 2.17. The first-order valence-corrected chi connectivity index (χ1v) is 7.31. The van der Waals surface area contributed by atoms with E-state index in [0.29, 0.717) is 4.99 Å². The summed E-state index contributed by atoms with van der Waals surface area (Å²) < 4.78 is 0. The molecule has 0 aliphatic carbocycles. The van der Waals surface area contributed by atoms with E-state index < -0.39 is 0 Å². The molecule has 1 unspecified atom stereocenters. The Bertz CT molecular complexity index is 401. The van der Waals surface area contributed by atoms with E-state index in [0.717, 1.165) is 39.0 Å². The Balaban J connectivity index is 1.93. The van der Waals surface area contributed by atoms with E-state index in [1.165, 1.54) is 5.69 Å². The second kappa shape index (κ2) is 6.82. The van der Waals surface area contributed by atoms with Gasteiger partial charge in [0.25, 0.3) is 0 Å². The van der Waals surface area contributed by atoms with Crippen LogP contribution in [0.15, 0.2) is 24.5 Å². The van der Waals surface area contributed by atoms with Gasteiger partial charge in [-0.3, -0.25) is 9.88 Å². The lowest BCUT2D eigenvalue weighted by molar-refractivity contribution is 0.219. The van der Waals surface area contributed by atoms with Gasteiger partial charge < -0.3 is 10.6 Å². The fraction of sp³-hybridized carbons (Fsp3) is 0.571. The number of nitrogens with zero attached hydrogens (tertiary/aromatic N) is 3. The van der Waals surface area contributed by atoms with Crippen LogP contribution in [0.4, 0.5) is 5.69 Å². The van der Waals surface area contributed by atoms with E-state index in [9.17, 15) is 0 Å². The van der Waals surface area contributed by atoms with Crippen LogP contribution in [0, 0.1) is 0 Å². The minimum absolute atomic E-state index is 0.264. The van der Waals surface area contributed by atoms with Crippen molar-refractivity contribution >= 4 is 22.9 Å². The number of aromatic nitrogens is 1. The number of anilines is 1. The summed E-state index contributed by atoms with van der Waals surface area (Å²) in [6.07, 6.45) is 5.87. The summed E-state index contributed by atoms with van der Waals surface area (Å²) in [4.78, 5) is 9.51. The van der Waals surface area contributed by atoms with Crippen molar-refractivity contribution in [3.63, 3.8) is 0 Å². The van der Waals surface area contributed by atoms with Crippen molar-refractivity contribution in [3.8, 4) is 0 Å². The third kappa shape index (κ3) is 3.64. The largest absolute Gasteiger partial charge is 0.392 e. The lowest BCUT2D eigenvalue weighted by atomic mass is 10.1. The Morgan fingerprint density at radius 2 is 1.95 bits per heavy atom. The molecule has 0 radical (unpaired) electrons. The molecule has 1 fully saturated rings. The van der Waals surface area contributed by atoms with Crippen molar-refractivity contribution in [2.45, 2.75) is 25.8 Å². The summed E-state index contributed by atoms with van der Waals surface area (Å²) >= 11 is 5.20. The van der Waals surface area contributed by atoms with Gasteiger partial charge in [0.15, 0.2) is 0 Å². The molecule has 0 aromatic carbocycles. The molecule has 1 aliphatic heterocycles. The highest BCUT2D eigenvalue weighted by atomic mass is 32.1. The number of rotatable bonds is 5. The first-order chi connectivity index (χ1) is 9.22. The maximum Gasteiger partial charge on any atom is 0.0902 e. The molecule has 2 heterocycles.